The molecule has 24 heavy (non-hydrogen) atoms. The second-order valence-corrected chi connectivity index (χ2v) is 8.86. The molecule has 0 radical (unpaired) electrons. The summed E-state index contributed by atoms with van der Waals surface area (Å²) in [6.07, 6.45) is 5.49. The fraction of sp³-hybridized carbons (Fsp3) is 0.800. The Hall–Kier alpha value is -1.48. The molecule has 134 valence electrons. The first-order chi connectivity index (χ1) is 11.3. The van der Waals surface area contributed by atoms with Crippen LogP contribution >= 0.6 is 0 Å². The summed E-state index contributed by atoms with van der Waals surface area (Å²) >= 11 is 0. The van der Waals surface area contributed by atoms with Crippen molar-refractivity contribution in [3.05, 3.63) is 11.7 Å². The van der Waals surface area contributed by atoms with E-state index >= 15 is 0 Å². The molecule has 0 spiro atoms. The standard InChI is InChI=1S/C15H24N4O4S/c1-18(14(20)9-11-3-4-11)10-13-16-15(17-23-13)12-5-7-19(8-6-12)24(2,21)22/h11-12H,3-10H2,1-2H3. The van der Waals surface area contributed by atoms with Crippen LogP contribution in [-0.4, -0.2) is 60.1 Å². The molecule has 1 aliphatic carbocycles. The Bertz CT molecular complexity index is 690. The first-order valence-corrected chi connectivity index (χ1v) is 10.2. The Morgan fingerprint density at radius 2 is 1.96 bits per heavy atom. The number of sulfonamides is 1. The third kappa shape index (κ3) is 4.32. The molecule has 2 fully saturated rings. The molecule has 1 aromatic rings. The zero-order chi connectivity index (χ0) is 17.3. The molecular weight excluding hydrogens is 332 g/mol. The highest BCUT2D eigenvalue weighted by molar-refractivity contribution is 7.88. The van der Waals surface area contributed by atoms with E-state index in [-0.39, 0.29) is 11.8 Å². The first kappa shape index (κ1) is 17.3. The summed E-state index contributed by atoms with van der Waals surface area (Å²) in [4.78, 5) is 18.0. The fourth-order valence-corrected chi connectivity index (χ4v) is 3.83. The minimum Gasteiger partial charge on any atom is -0.337 e. The summed E-state index contributed by atoms with van der Waals surface area (Å²) in [7, 11) is -1.38. The topological polar surface area (TPSA) is 96.6 Å². The van der Waals surface area contributed by atoms with Crippen molar-refractivity contribution in [2.75, 3.05) is 26.4 Å². The lowest BCUT2D eigenvalue weighted by Crippen LogP contribution is -2.37. The zero-order valence-corrected chi connectivity index (χ0v) is 15.0. The van der Waals surface area contributed by atoms with Gasteiger partial charge in [0.25, 0.3) is 0 Å². The molecule has 0 atom stereocenters. The minimum atomic E-state index is -3.13. The number of aromatic nitrogens is 2. The molecule has 3 rings (SSSR count). The van der Waals surface area contributed by atoms with Gasteiger partial charge in [-0.1, -0.05) is 5.16 Å². The monoisotopic (exact) mass is 356 g/mol. The third-order valence-corrected chi connectivity index (χ3v) is 6.03. The molecule has 8 nitrogen and oxygen atoms in total. The van der Waals surface area contributed by atoms with Crippen molar-refractivity contribution in [1.29, 1.82) is 0 Å². The quantitative estimate of drug-likeness (QED) is 0.753. The second kappa shape index (κ2) is 6.79. The molecule has 9 heteroatoms. The second-order valence-electron chi connectivity index (χ2n) is 6.88. The molecule has 0 unspecified atom stereocenters. The highest BCUT2D eigenvalue weighted by atomic mass is 32.2. The van der Waals surface area contributed by atoms with Gasteiger partial charge in [0.05, 0.1) is 12.8 Å². The van der Waals surface area contributed by atoms with Crippen LogP contribution in [0.4, 0.5) is 0 Å². The van der Waals surface area contributed by atoms with Gasteiger partial charge in [-0.15, -0.1) is 0 Å². The van der Waals surface area contributed by atoms with Crippen LogP contribution in [0.25, 0.3) is 0 Å². The number of carbonyl (C=O) groups is 1. The molecule has 1 amide bonds. The van der Waals surface area contributed by atoms with E-state index in [2.05, 4.69) is 10.1 Å². The lowest BCUT2D eigenvalue weighted by Gasteiger charge is -2.28. The van der Waals surface area contributed by atoms with Gasteiger partial charge in [0.2, 0.25) is 21.8 Å². The van der Waals surface area contributed by atoms with Crippen LogP contribution < -0.4 is 0 Å². The maximum atomic E-state index is 12.0. The Kier molecular flexibility index (Phi) is 4.91. The van der Waals surface area contributed by atoms with E-state index < -0.39 is 10.0 Å². The van der Waals surface area contributed by atoms with Crippen molar-refractivity contribution in [1.82, 2.24) is 19.3 Å². The minimum absolute atomic E-state index is 0.105. The van der Waals surface area contributed by atoms with Gasteiger partial charge in [-0.3, -0.25) is 4.79 Å². The molecular formula is C15H24N4O4S. The van der Waals surface area contributed by atoms with Crippen LogP contribution in [0.2, 0.25) is 0 Å². The highest BCUT2D eigenvalue weighted by Gasteiger charge is 2.29. The summed E-state index contributed by atoms with van der Waals surface area (Å²) in [6.45, 7) is 1.28. The maximum Gasteiger partial charge on any atom is 0.246 e. The van der Waals surface area contributed by atoms with Crippen molar-refractivity contribution in [3.63, 3.8) is 0 Å². The van der Waals surface area contributed by atoms with Gasteiger partial charge in [-0.05, 0) is 31.6 Å². The van der Waals surface area contributed by atoms with Crippen LogP contribution in [0, 0.1) is 5.92 Å². The van der Waals surface area contributed by atoms with Gasteiger partial charge < -0.3 is 9.42 Å². The molecule has 1 aromatic heterocycles. The van der Waals surface area contributed by atoms with E-state index in [0.717, 1.165) is 12.8 Å². The van der Waals surface area contributed by atoms with E-state index in [1.165, 1.54) is 10.6 Å². The molecule has 1 aliphatic heterocycles. The number of rotatable bonds is 6. The van der Waals surface area contributed by atoms with Crippen LogP contribution in [0.3, 0.4) is 0 Å². The number of carbonyl (C=O) groups excluding carboxylic acids is 1. The van der Waals surface area contributed by atoms with Gasteiger partial charge in [-0.25, -0.2) is 12.7 Å². The first-order valence-electron chi connectivity index (χ1n) is 8.34. The van der Waals surface area contributed by atoms with Crippen LogP contribution in [0.1, 0.15) is 49.7 Å². The lowest BCUT2D eigenvalue weighted by atomic mass is 9.98. The average molecular weight is 356 g/mol. The van der Waals surface area contributed by atoms with E-state index in [4.69, 9.17) is 4.52 Å². The van der Waals surface area contributed by atoms with Crippen LogP contribution in [0.15, 0.2) is 4.52 Å². The van der Waals surface area contributed by atoms with E-state index in [1.807, 2.05) is 0 Å². The molecule has 0 N–H and O–H groups in total. The number of piperidine rings is 1. The van der Waals surface area contributed by atoms with Crippen molar-refractivity contribution >= 4 is 15.9 Å². The van der Waals surface area contributed by atoms with E-state index in [9.17, 15) is 13.2 Å². The largest absolute Gasteiger partial charge is 0.337 e. The summed E-state index contributed by atoms with van der Waals surface area (Å²) < 4.78 is 29.8. The van der Waals surface area contributed by atoms with Crippen LogP contribution in [-0.2, 0) is 21.4 Å². The predicted octanol–water partition coefficient (Wildman–Crippen LogP) is 0.967. The van der Waals surface area contributed by atoms with Gasteiger partial charge in [0.1, 0.15) is 0 Å². The van der Waals surface area contributed by atoms with Crippen molar-refractivity contribution in [2.24, 2.45) is 5.92 Å². The number of amides is 1. The molecule has 2 aliphatic rings. The third-order valence-electron chi connectivity index (χ3n) is 4.73. The normalized spacial score (nSPS) is 20.2. The SMILES string of the molecule is CN(Cc1nc(C2CCN(S(C)(=O)=O)CC2)no1)C(=O)CC1CC1. The van der Waals surface area contributed by atoms with Crippen molar-refractivity contribution < 1.29 is 17.7 Å². The lowest BCUT2D eigenvalue weighted by molar-refractivity contribution is -0.131. The molecule has 0 aromatic carbocycles. The van der Waals surface area contributed by atoms with Gasteiger partial charge in [0, 0.05) is 32.5 Å². The van der Waals surface area contributed by atoms with Gasteiger partial charge >= 0.3 is 0 Å². The zero-order valence-electron chi connectivity index (χ0n) is 14.1. The summed E-state index contributed by atoms with van der Waals surface area (Å²) in [5.41, 5.74) is 0. The Labute approximate surface area is 142 Å². The smallest absolute Gasteiger partial charge is 0.246 e. The maximum absolute atomic E-state index is 12.0. The average Bonchev–Trinajstić information content (AvgIpc) is 3.22. The number of hydrogen-bond acceptors (Lipinski definition) is 6. The van der Waals surface area contributed by atoms with Crippen molar-refractivity contribution in [2.45, 2.75) is 44.6 Å². The fourth-order valence-electron chi connectivity index (χ4n) is 2.96. The van der Waals surface area contributed by atoms with Gasteiger partial charge in [-0.2, -0.15) is 4.98 Å². The Morgan fingerprint density at radius 3 is 2.54 bits per heavy atom. The molecule has 0 bridgehead atoms. The van der Waals surface area contributed by atoms with E-state index in [0.29, 0.717) is 56.5 Å². The number of nitrogens with zero attached hydrogens (tertiary/aromatic N) is 4. The summed E-state index contributed by atoms with van der Waals surface area (Å²) in [6, 6.07) is 0. The molecule has 1 saturated heterocycles. The van der Waals surface area contributed by atoms with Gasteiger partial charge in [0.15, 0.2) is 5.82 Å². The number of hydrogen-bond donors (Lipinski definition) is 0. The summed E-state index contributed by atoms with van der Waals surface area (Å²) in [5.74, 6) is 1.81. The Balaban J connectivity index is 1.53. The Morgan fingerprint density at radius 1 is 1.29 bits per heavy atom. The van der Waals surface area contributed by atoms with E-state index in [1.54, 1.807) is 11.9 Å². The molecule has 1 saturated carbocycles. The van der Waals surface area contributed by atoms with Crippen molar-refractivity contribution in [3.8, 4) is 0 Å². The summed E-state index contributed by atoms with van der Waals surface area (Å²) in [5, 5.41) is 4.02. The molecule has 2 heterocycles. The van der Waals surface area contributed by atoms with Crippen LogP contribution in [0.5, 0.6) is 0 Å². The highest BCUT2D eigenvalue weighted by Crippen LogP contribution is 2.33. The predicted molar refractivity (Wildman–Crippen MR) is 86.5 cm³/mol.